The molecule has 0 atom stereocenters. The SMILES string of the molecule is Cn1ccc(-c2cccnc2C(=O)O)n1. The van der Waals surface area contributed by atoms with Crippen molar-refractivity contribution in [3.63, 3.8) is 0 Å². The summed E-state index contributed by atoms with van der Waals surface area (Å²) in [4.78, 5) is 14.7. The van der Waals surface area contributed by atoms with E-state index in [2.05, 4.69) is 10.1 Å². The lowest BCUT2D eigenvalue weighted by Crippen LogP contribution is -2.03. The number of carbonyl (C=O) groups is 1. The zero-order chi connectivity index (χ0) is 10.8. The number of rotatable bonds is 2. The van der Waals surface area contributed by atoms with Gasteiger partial charge in [-0.2, -0.15) is 5.10 Å². The highest BCUT2D eigenvalue weighted by Gasteiger charge is 2.13. The second kappa shape index (κ2) is 3.53. The maximum Gasteiger partial charge on any atom is 0.355 e. The van der Waals surface area contributed by atoms with Crippen LogP contribution in [0.1, 0.15) is 10.5 Å². The molecule has 2 aromatic rings. The number of carboxylic acid groups (broad SMARTS) is 1. The highest BCUT2D eigenvalue weighted by atomic mass is 16.4. The Morgan fingerprint density at radius 1 is 1.47 bits per heavy atom. The maximum atomic E-state index is 10.9. The van der Waals surface area contributed by atoms with Crippen LogP contribution in [0.25, 0.3) is 11.3 Å². The molecule has 0 bridgehead atoms. The van der Waals surface area contributed by atoms with E-state index in [0.29, 0.717) is 11.3 Å². The Hall–Kier alpha value is -2.17. The summed E-state index contributed by atoms with van der Waals surface area (Å²) in [5, 5.41) is 13.1. The van der Waals surface area contributed by atoms with Crippen molar-refractivity contribution in [3.05, 3.63) is 36.3 Å². The van der Waals surface area contributed by atoms with E-state index in [1.54, 1.807) is 36.1 Å². The Kier molecular flexibility index (Phi) is 2.21. The third-order valence-corrected chi connectivity index (χ3v) is 2.00. The van der Waals surface area contributed by atoms with Crippen LogP contribution in [0, 0.1) is 0 Å². The van der Waals surface area contributed by atoms with E-state index in [4.69, 9.17) is 5.11 Å². The molecule has 5 nitrogen and oxygen atoms in total. The molecule has 2 rings (SSSR count). The highest BCUT2D eigenvalue weighted by molar-refractivity contribution is 5.93. The van der Waals surface area contributed by atoms with Gasteiger partial charge in [-0.3, -0.25) is 4.68 Å². The second-order valence-electron chi connectivity index (χ2n) is 3.08. The van der Waals surface area contributed by atoms with E-state index in [0.717, 1.165) is 0 Å². The molecule has 0 amide bonds. The first kappa shape index (κ1) is 9.39. The average molecular weight is 203 g/mol. The molecule has 0 aromatic carbocycles. The summed E-state index contributed by atoms with van der Waals surface area (Å²) < 4.78 is 1.62. The summed E-state index contributed by atoms with van der Waals surface area (Å²) >= 11 is 0. The topological polar surface area (TPSA) is 68.0 Å². The van der Waals surface area contributed by atoms with Crippen molar-refractivity contribution in [2.24, 2.45) is 7.05 Å². The van der Waals surface area contributed by atoms with Gasteiger partial charge in [0.25, 0.3) is 0 Å². The molecule has 0 saturated heterocycles. The minimum Gasteiger partial charge on any atom is -0.476 e. The van der Waals surface area contributed by atoms with Gasteiger partial charge in [0.2, 0.25) is 0 Å². The zero-order valence-electron chi connectivity index (χ0n) is 8.08. The summed E-state index contributed by atoms with van der Waals surface area (Å²) in [5.74, 6) is -1.05. The van der Waals surface area contributed by atoms with Gasteiger partial charge in [-0.25, -0.2) is 9.78 Å². The van der Waals surface area contributed by atoms with Crippen LogP contribution in [0.3, 0.4) is 0 Å². The molecular formula is C10H9N3O2. The molecule has 0 aliphatic heterocycles. The molecule has 76 valence electrons. The molecule has 0 radical (unpaired) electrons. The molecule has 5 heteroatoms. The smallest absolute Gasteiger partial charge is 0.355 e. The van der Waals surface area contributed by atoms with Crippen molar-refractivity contribution in [1.29, 1.82) is 0 Å². The zero-order valence-corrected chi connectivity index (χ0v) is 8.08. The summed E-state index contributed by atoms with van der Waals surface area (Å²) in [6, 6.07) is 5.14. The van der Waals surface area contributed by atoms with Gasteiger partial charge in [0.15, 0.2) is 5.69 Å². The molecule has 0 spiro atoms. The first-order valence-electron chi connectivity index (χ1n) is 4.37. The van der Waals surface area contributed by atoms with Crippen LogP contribution in [-0.2, 0) is 7.05 Å². The number of nitrogens with zero attached hydrogens (tertiary/aromatic N) is 3. The van der Waals surface area contributed by atoms with Crippen molar-refractivity contribution in [3.8, 4) is 11.3 Å². The van der Waals surface area contributed by atoms with Gasteiger partial charge >= 0.3 is 5.97 Å². The predicted molar refractivity (Wildman–Crippen MR) is 53.4 cm³/mol. The fraction of sp³-hybridized carbons (Fsp3) is 0.100. The van der Waals surface area contributed by atoms with Gasteiger partial charge in [-0.05, 0) is 18.2 Å². The third-order valence-electron chi connectivity index (χ3n) is 2.00. The number of hydrogen-bond acceptors (Lipinski definition) is 3. The maximum absolute atomic E-state index is 10.9. The lowest BCUT2D eigenvalue weighted by Gasteiger charge is -2.00. The van der Waals surface area contributed by atoms with E-state index in [1.807, 2.05) is 0 Å². The van der Waals surface area contributed by atoms with E-state index in [1.165, 1.54) is 6.20 Å². The standard InChI is InChI=1S/C10H9N3O2/c1-13-6-4-8(12-13)7-3-2-5-11-9(7)10(14)15/h2-6H,1H3,(H,14,15). The normalized spacial score (nSPS) is 10.2. The van der Waals surface area contributed by atoms with Gasteiger partial charge < -0.3 is 5.11 Å². The van der Waals surface area contributed by atoms with Crippen molar-refractivity contribution >= 4 is 5.97 Å². The fourth-order valence-electron chi connectivity index (χ4n) is 1.34. The van der Waals surface area contributed by atoms with E-state index in [-0.39, 0.29) is 5.69 Å². The third kappa shape index (κ3) is 1.71. The number of aromatic nitrogens is 3. The first-order chi connectivity index (χ1) is 7.18. The minimum absolute atomic E-state index is 0.0243. The van der Waals surface area contributed by atoms with Crippen LogP contribution in [0.5, 0.6) is 0 Å². The van der Waals surface area contributed by atoms with E-state index < -0.39 is 5.97 Å². The number of pyridine rings is 1. The first-order valence-corrected chi connectivity index (χ1v) is 4.37. The summed E-state index contributed by atoms with van der Waals surface area (Å²) in [7, 11) is 1.78. The van der Waals surface area contributed by atoms with Gasteiger partial charge in [-0.15, -0.1) is 0 Å². The van der Waals surface area contributed by atoms with E-state index in [9.17, 15) is 4.79 Å². The Bertz CT molecular complexity index is 505. The molecule has 2 aromatic heterocycles. The van der Waals surface area contributed by atoms with Gasteiger partial charge in [0.05, 0.1) is 5.69 Å². The van der Waals surface area contributed by atoms with E-state index >= 15 is 0 Å². The second-order valence-corrected chi connectivity index (χ2v) is 3.08. The summed E-state index contributed by atoms with van der Waals surface area (Å²) in [6.07, 6.45) is 3.21. The number of aryl methyl sites for hydroxylation is 1. The minimum atomic E-state index is -1.05. The Morgan fingerprint density at radius 2 is 2.27 bits per heavy atom. The van der Waals surface area contributed by atoms with Crippen LogP contribution < -0.4 is 0 Å². The van der Waals surface area contributed by atoms with Crippen LogP contribution >= 0.6 is 0 Å². The van der Waals surface area contributed by atoms with Crippen molar-refractivity contribution in [2.45, 2.75) is 0 Å². The molecule has 0 fully saturated rings. The highest BCUT2D eigenvalue weighted by Crippen LogP contribution is 2.19. The Balaban J connectivity index is 2.57. The van der Waals surface area contributed by atoms with Crippen LogP contribution in [0.2, 0.25) is 0 Å². The van der Waals surface area contributed by atoms with Gasteiger partial charge in [0.1, 0.15) is 0 Å². The van der Waals surface area contributed by atoms with Gasteiger partial charge in [-0.1, -0.05) is 0 Å². The summed E-state index contributed by atoms with van der Waals surface area (Å²) in [6.45, 7) is 0. The Labute approximate surface area is 86.0 Å². The van der Waals surface area contributed by atoms with Crippen molar-refractivity contribution in [2.75, 3.05) is 0 Å². The Morgan fingerprint density at radius 3 is 2.87 bits per heavy atom. The molecule has 0 unspecified atom stereocenters. The quantitative estimate of drug-likeness (QED) is 0.795. The molecule has 0 saturated carbocycles. The van der Waals surface area contributed by atoms with Crippen LogP contribution in [-0.4, -0.2) is 25.8 Å². The molecule has 0 aliphatic rings. The lowest BCUT2D eigenvalue weighted by atomic mass is 10.1. The van der Waals surface area contributed by atoms with Crippen LogP contribution in [0.15, 0.2) is 30.6 Å². The number of hydrogen-bond donors (Lipinski definition) is 1. The van der Waals surface area contributed by atoms with Gasteiger partial charge in [0, 0.05) is 25.0 Å². The van der Waals surface area contributed by atoms with Crippen molar-refractivity contribution < 1.29 is 9.90 Å². The molecule has 0 aliphatic carbocycles. The van der Waals surface area contributed by atoms with Crippen LogP contribution in [0.4, 0.5) is 0 Å². The number of carboxylic acids is 1. The average Bonchev–Trinajstić information content (AvgIpc) is 2.65. The summed E-state index contributed by atoms with van der Waals surface area (Å²) in [5.41, 5.74) is 1.17. The molecule has 2 heterocycles. The van der Waals surface area contributed by atoms with Crippen molar-refractivity contribution in [1.82, 2.24) is 14.8 Å². The predicted octanol–water partition coefficient (Wildman–Crippen LogP) is 1.18. The largest absolute Gasteiger partial charge is 0.476 e. The molecule has 15 heavy (non-hydrogen) atoms. The molecule has 1 N–H and O–H groups in total. The molecular weight excluding hydrogens is 194 g/mol. The lowest BCUT2D eigenvalue weighted by molar-refractivity contribution is 0.0691. The monoisotopic (exact) mass is 203 g/mol. The number of aromatic carboxylic acids is 1. The fourth-order valence-corrected chi connectivity index (χ4v) is 1.34.